The van der Waals surface area contributed by atoms with Gasteiger partial charge in [0.2, 0.25) is 11.9 Å². The molecule has 1 aliphatic carbocycles. The van der Waals surface area contributed by atoms with Crippen LogP contribution in [0.3, 0.4) is 0 Å². The van der Waals surface area contributed by atoms with Crippen LogP contribution in [0.2, 0.25) is 0 Å². The molecule has 34 heavy (non-hydrogen) atoms. The molecular weight excluding hydrogens is 424 g/mol. The molecule has 2 aromatic rings. The van der Waals surface area contributed by atoms with Gasteiger partial charge in [-0.2, -0.15) is 4.98 Å². The average Bonchev–Trinajstić information content (AvgIpc) is 2.89. The molecule has 3 aliphatic rings. The molecule has 1 aromatic heterocycles. The van der Waals surface area contributed by atoms with Crippen LogP contribution in [0.5, 0.6) is 0 Å². The molecule has 7 nitrogen and oxygen atoms in total. The Labute approximate surface area is 203 Å². The average molecular weight is 463 g/mol. The highest BCUT2D eigenvalue weighted by Crippen LogP contribution is 2.29. The Hall–Kier alpha value is -2.67. The van der Waals surface area contributed by atoms with Gasteiger partial charge in [-0.25, -0.2) is 4.98 Å². The molecule has 0 radical (unpaired) electrons. The SMILES string of the molecule is CN(C)c1nc(N2CCN(C3CCCCC3)CC2)nc2c1CN(C(=O)Cc1ccccc1)CC2. The second kappa shape index (κ2) is 10.3. The van der Waals surface area contributed by atoms with Crippen LogP contribution < -0.4 is 9.80 Å². The van der Waals surface area contributed by atoms with Crippen LogP contribution >= 0.6 is 0 Å². The summed E-state index contributed by atoms with van der Waals surface area (Å²) >= 11 is 0. The van der Waals surface area contributed by atoms with Crippen LogP contribution in [0.4, 0.5) is 11.8 Å². The summed E-state index contributed by atoms with van der Waals surface area (Å²) < 4.78 is 0. The molecule has 5 rings (SSSR count). The van der Waals surface area contributed by atoms with Crippen molar-refractivity contribution in [1.82, 2.24) is 19.8 Å². The highest BCUT2D eigenvalue weighted by Gasteiger charge is 2.30. The number of hydrogen-bond donors (Lipinski definition) is 0. The van der Waals surface area contributed by atoms with Crippen molar-refractivity contribution in [2.24, 2.45) is 0 Å². The number of aromatic nitrogens is 2. The topological polar surface area (TPSA) is 55.8 Å². The maximum atomic E-state index is 13.0. The smallest absolute Gasteiger partial charge is 0.227 e. The van der Waals surface area contributed by atoms with Gasteiger partial charge in [0.25, 0.3) is 0 Å². The molecule has 0 N–H and O–H groups in total. The Kier molecular flexibility index (Phi) is 6.99. The van der Waals surface area contributed by atoms with E-state index in [-0.39, 0.29) is 5.91 Å². The fraction of sp³-hybridized carbons (Fsp3) is 0.593. The van der Waals surface area contributed by atoms with Gasteiger partial charge in [0, 0.05) is 64.8 Å². The number of amides is 1. The summed E-state index contributed by atoms with van der Waals surface area (Å²) in [6, 6.07) is 10.8. The molecule has 1 aromatic carbocycles. The first-order valence-corrected chi connectivity index (χ1v) is 13.0. The molecule has 0 atom stereocenters. The lowest BCUT2D eigenvalue weighted by atomic mass is 9.94. The summed E-state index contributed by atoms with van der Waals surface area (Å²) in [6.45, 7) is 5.49. The van der Waals surface area contributed by atoms with Crippen LogP contribution in [-0.4, -0.2) is 78.5 Å². The van der Waals surface area contributed by atoms with Crippen molar-refractivity contribution in [3.63, 3.8) is 0 Å². The van der Waals surface area contributed by atoms with Gasteiger partial charge in [-0.05, 0) is 18.4 Å². The highest BCUT2D eigenvalue weighted by atomic mass is 16.2. The summed E-state index contributed by atoms with van der Waals surface area (Å²) in [5, 5.41) is 0. The molecule has 1 amide bonds. The number of anilines is 2. The van der Waals surface area contributed by atoms with Gasteiger partial charge in [0.15, 0.2) is 0 Å². The van der Waals surface area contributed by atoms with Crippen molar-refractivity contribution in [1.29, 1.82) is 0 Å². The van der Waals surface area contributed by atoms with Crippen molar-refractivity contribution in [3.8, 4) is 0 Å². The summed E-state index contributed by atoms with van der Waals surface area (Å²) in [5.41, 5.74) is 3.26. The zero-order valence-corrected chi connectivity index (χ0v) is 20.7. The number of nitrogens with zero attached hydrogens (tertiary/aromatic N) is 6. The second-order valence-electron chi connectivity index (χ2n) is 10.2. The Balaban J connectivity index is 1.28. The van der Waals surface area contributed by atoms with Crippen molar-refractivity contribution < 1.29 is 4.79 Å². The number of fused-ring (bicyclic) bond motifs is 1. The van der Waals surface area contributed by atoms with Gasteiger partial charge in [-0.3, -0.25) is 9.69 Å². The number of benzene rings is 1. The molecule has 0 unspecified atom stereocenters. The fourth-order valence-electron chi connectivity index (χ4n) is 5.72. The first-order valence-electron chi connectivity index (χ1n) is 13.0. The first-order chi connectivity index (χ1) is 16.6. The van der Waals surface area contributed by atoms with E-state index in [2.05, 4.69) is 14.7 Å². The number of carbonyl (C=O) groups excluding carboxylic acids is 1. The zero-order valence-electron chi connectivity index (χ0n) is 20.7. The molecule has 1 saturated carbocycles. The third-order valence-electron chi connectivity index (χ3n) is 7.69. The van der Waals surface area contributed by atoms with E-state index in [1.54, 1.807) is 0 Å². The van der Waals surface area contributed by atoms with E-state index in [0.29, 0.717) is 13.0 Å². The standard InChI is InChI=1S/C27H38N6O/c1-30(2)26-23-20-33(25(34)19-21-9-5-3-6-10-21)14-13-24(23)28-27(29-26)32-17-15-31(16-18-32)22-11-7-4-8-12-22/h3,5-6,9-10,22H,4,7-8,11-20H2,1-2H3. The fourth-order valence-corrected chi connectivity index (χ4v) is 5.72. The van der Waals surface area contributed by atoms with Crippen molar-refractivity contribution >= 4 is 17.7 Å². The lowest BCUT2D eigenvalue weighted by molar-refractivity contribution is -0.131. The Morgan fingerprint density at radius 3 is 2.41 bits per heavy atom. The number of carbonyl (C=O) groups is 1. The lowest BCUT2D eigenvalue weighted by Crippen LogP contribution is -2.51. The predicted molar refractivity (Wildman–Crippen MR) is 136 cm³/mol. The molecule has 0 spiro atoms. The molecular formula is C27H38N6O. The van der Waals surface area contributed by atoms with E-state index in [4.69, 9.17) is 9.97 Å². The molecule has 2 fully saturated rings. The monoisotopic (exact) mass is 462 g/mol. The van der Waals surface area contributed by atoms with E-state index >= 15 is 0 Å². The van der Waals surface area contributed by atoms with Crippen LogP contribution in [-0.2, 0) is 24.2 Å². The maximum Gasteiger partial charge on any atom is 0.227 e. The van der Waals surface area contributed by atoms with Crippen molar-refractivity contribution in [3.05, 3.63) is 47.2 Å². The molecule has 3 heterocycles. The van der Waals surface area contributed by atoms with Gasteiger partial charge >= 0.3 is 0 Å². The van der Waals surface area contributed by atoms with Crippen molar-refractivity contribution in [2.45, 2.75) is 57.5 Å². The van der Waals surface area contributed by atoms with Gasteiger partial charge in [0.05, 0.1) is 18.7 Å². The van der Waals surface area contributed by atoms with Gasteiger partial charge < -0.3 is 14.7 Å². The van der Waals surface area contributed by atoms with E-state index < -0.39 is 0 Å². The number of rotatable bonds is 5. The van der Waals surface area contributed by atoms with Crippen molar-refractivity contribution in [2.75, 3.05) is 56.6 Å². The van der Waals surface area contributed by atoms with Crippen LogP contribution in [0.25, 0.3) is 0 Å². The normalized spacial score (nSPS) is 19.7. The number of piperazine rings is 1. The van der Waals surface area contributed by atoms with Crippen LogP contribution in [0, 0.1) is 0 Å². The quantitative estimate of drug-likeness (QED) is 0.681. The largest absolute Gasteiger partial charge is 0.362 e. The second-order valence-corrected chi connectivity index (χ2v) is 10.2. The minimum absolute atomic E-state index is 0.171. The molecule has 1 saturated heterocycles. The van der Waals surface area contributed by atoms with Gasteiger partial charge in [-0.15, -0.1) is 0 Å². The summed E-state index contributed by atoms with van der Waals surface area (Å²) in [6.07, 6.45) is 8.12. The zero-order chi connectivity index (χ0) is 23.5. The first kappa shape index (κ1) is 23.1. The van der Waals surface area contributed by atoms with Crippen LogP contribution in [0.15, 0.2) is 30.3 Å². The van der Waals surface area contributed by atoms with E-state index in [1.807, 2.05) is 49.3 Å². The highest BCUT2D eigenvalue weighted by molar-refractivity contribution is 5.79. The third kappa shape index (κ3) is 5.04. The van der Waals surface area contributed by atoms with Gasteiger partial charge in [0.1, 0.15) is 5.82 Å². The minimum Gasteiger partial charge on any atom is -0.362 e. The molecule has 2 aliphatic heterocycles. The third-order valence-corrected chi connectivity index (χ3v) is 7.69. The van der Waals surface area contributed by atoms with E-state index in [1.165, 1.54) is 32.1 Å². The van der Waals surface area contributed by atoms with E-state index in [9.17, 15) is 4.79 Å². The van der Waals surface area contributed by atoms with Gasteiger partial charge in [-0.1, -0.05) is 49.6 Å². The maximum absolute atomic E-state index is 13.0. The lowest BCUT2D eigenvalue weighted by Gasteiger charge is -2.41. The summed E-state index contributed by atoms with van der Waals surface area (Å²) in [5.74, 6) is 1.98. The Morgan fingerprint density at radius 1 is 0.971 bits per heavy atom. The number of hydrogen-bond acceptors (Lipinski definition) is 6. The predicted octanol–water partition coefficient (Wildman–Crippen LogP) is 3.12. The summed E-state index contributed by atoms with van der Waals surface area (Å²) in [7, 11) is 4.08. The van der Waals surface area contributed by atoms with E-state index in [0.717, 1.165) is 73.8 Å². The molecule has 0 bridgehead atoms. The Morgan fingerprint density at radius 2 is 1.71 bits per heavy atom. The molecule has 7 heteroatoms. The minimum atomic E-state index is 0.171. The molecule has 182 valence electrons. The Bertz CT molecular complexity index is 980. The summed E-state index contributed by atoms with van der Waals surface area (Å²) in [4.78, 5) is 32.1. The van der Waals surface area contributed by atoms with Crippen LogP contribution in [0.1, 0.15) is 48.9 Å².